The van der Waals surface area contributed by atoms with Crippen molar-refractivity contribution < 1.29 is 4.42 Å². The molecule has 11 rings (SSSR count). The van der Waals surface area contributed by atoms with Crippen LogP contribution in [-0.2, 0) is 0 Å². The molecule has 0 saturated heterocycles. The van der Waals surface area contributed by atoms with Crippen molar-refractivity contribution in [1.29, 1.82) is 0 Å². The Labute approximate surface area is 318 Å². The van der Waals surface area contributed by atoms with E-state index >= 15 is 0 Å². The third-order valence-electron chi connectivity index (χ3n) is 11.0. The van der Waals surface area contributed by atoms with Gasteiger partial charge in [-0.25, -0.2) is 0 Å². The standard InChI is InChI=1S/C52H34N2O/c1-4-15-35(16-5-1)36-27-30-40(31-28-36)53(38-18-6-2-7-19-38)41-33-45(52-49(34-41)55-48-32-29-37-17-10-11-22-42(37)51(48)52)43-24-14-26-47-50(43)44-23-12-13-25-46(44)54(47)39-20-8-3-9-21-39/h1-34H. The summed E-state index contributed by atoms with van der Waals surface area (Å²) < 4.78 is 9.30. The number of hydrogen-bond donors (Lipinski definition) is 0. The van der Waals surface area contributed by atoms with Crippen molar-refractivity contribution >= 4 is 71.6 Å². The highest BCUT2D eigenvalue weighted by Crippen LogP contribution is 2.48. The molecule has 0 atom stereocenters. The van der Waals surface area contributed by atoms with Gasteiger partial charge in [0.25, 0.3) is 0 Å². The molecule has 0 amide bonds. The Kier molecular flexibility index (Phi) is 7.17. The summed E-state index contributed by atoms with van der Waals surface area (Å²) in [5.41, 5.74) is 13.0. The fourth-order valence-corrected chi connectivity index (χ4v) is 8.55. The number of benzene rings is 9. The lowest BCUT2D eigenvalue weighted by Crippen LogP contribution is -2.10. The fourth-order valence-electron chi connectivity index (χ4n) is 8.55. The minimum atomic E-state index is 0.851. The van der Waals surface area contributed by atoms with E-state index in [1.54, 1.807) is 0 Å². The van der Waals surface area contributed by atoms with E-state index in [1.807, 2.05) is 0 Å². The molecule has 3 heteroatoms. The summed E-state index contributed by atoms with van der Waals surface area (Å²) in [7, 11) is 0. The third-order valence-corrected chi connectivity index (χ3v) is 11.0. The van der Waals surface area contributed by atoms with E-state index in [0.29, 0.717) is 0 Å². The minimum absolute atomic E-state index is 0.851. The lowest BCUT2D eigenvalue weighted by atomic mass is 9.93. The Hall–Kier alpha value is -7.36. The first-order valence-corrected chi connectivity index (χ1v) is 18.8. The van der Waals surface area contributed by atoms with Crippen molar-refractivity contribution in [3.63, 3.8) is 0 Å². The van der Waals surface area contributed by atoms with Crippen LogP contribution in [0.25, 0.3) is 82.5 Å². The monoisotopic (exact) mass is 702 g/mol. The lowest BCUT2D eigenvalue weighted by molar-refractivity contribution is 0.669. The van der Waals surface area contributed by atoms with Crippen LogP contribution in [0.15, 0.2) is 211 Å². The van der Waals surface area contributed by atoms with Gasteiger partial charge in [-0.05, 0) is 93.7 Å². The van der Waals surface area contributed by atoms with Gasteiger partial charge in [0.2, 0.25) is 0 Å². The maximum atomic E-state index is 6.90. The van der Waals surface area contributed by atoms with Crippen molar-refractivity contribution in [2.75, 3.05) is 4.90 Å². The Morgan fingerprint density at radius 2 is 1.00 bits per heavy atom. The van der Waals surface area contributed by atoms with Gasteiger partial charge in [0, 0.05) is 44.7 Å². The van der Waals surface area contributed by atoms with Crippen LogP contribution >= 0.6 is 0 Å². The van der Waals surface area contributed by atoms with E-state index in [4.69, 9.17) is 4.42 Å². The largest absolute Gasteiger partial charge is 0.456 e. The molecule has 0 fully saturated rings. The molecule has 9 aromatic carbocycles. The molecule has 0 bridgehead atoms. The fraction of sp³-hybridized carbons (Fsp3) is 0. The van der Waals surface area contributed by atoms with E-state index in [2.05, 4.69) is 216 Å². The third kappa shape index (κ3) is 5.05. The average molecular weight is 703 g/mol. The van der Waals surface area contributed by atoms with Crippen molar-refractivity contribution in [3.8, 4) is 27.9 Å². The molecule has 55 heavy (non-hydrogen) atoms. The first kappa shape index (κ1) is 31.2. The van der Waals surface area contributed by atoms with Crippen LogP contribution in [0.5, 0.6) is 0 Å². The highest BCUT2D eigenvalue weighted by atomic mass is 16.3. The molecule has 0 aliphatic rings. The molecular weight excluding hydrogens is 669 g/mol. The van der Waals surface area contributed by atoms with Gasteiger partial charge in [-0.2, -0.15) is 0 Å². The number of nitrogens with zero attached hydrogens (tertiary/aromatic N) is 2. The predicted molar refractivity (Wildman–Crippen MR) is 231 cm³/mol. The Balaban J connectivity index is 1.24. The molecule has 3 nitrogen and oxygen atoms in total. The molecule has 0 unspecified atom stereocenters. The number of para-hydroxylation sites is 3. The number of aromatic nitrogens is 1. The zero-order chi connectivity index (χ0) is 36.3. The first-order chi connectivity index (χ1) is 27.3. The van der Waals surface area contributed by atoms with Gasteiger partial charge < -0.3 is 13.9 Å². The maximum absolute atomic E-state index is 6.90. The lowest BCUT2D eigenvalue weighted by Gasteiger charge is -2.26. The number of anilines is 3. The smallest absolute Gasteiger partial charge is 0.138 e. The molecule has 0 spiro atoms. The second-order valence-corrected chi connectivity index (χ2v) is 14.1. The second-order valence-electron chi connectivity index (χ2n) is 14.1. The summed E-state index contributed by atoms with van der Waals surface area (Å²) >= 11 is 0. The molecule has 0 N–H and O–H groups in total. The summed E-state index contributed by atoms with van der Waals surface area (Å²) in [5, 5.41) is 7.06. The molecule has 2 heterocycles. The summed E-state index contributed by atoms with van der Waals surface area (Å²) in [6.07, 6.45) is 0. The molecule has 0 aliphatic carbocycles. The van der Waals surface area contributed by atoms with Crippen molar-refractivity contribution in [2.45, 2.75) is 0 Å². The number of hydrogen-bond acceptors (Lipinski definition) is 2. The highest BCUT2D eigenvalue weighted by molar-refractivity contribution is 6.26. The molecule has 0 radical (unpaired) electrons. The predicted octanol–water partition coefficient (Wildman–Crippen LogP) is 14.6. The Morgan fingerprint density at radius 3 is 1.80 bits per heavy atom. The van der Waals surface area contributed by atoms with Gasteiger partial charge in [0.1, 0.15) is 11.2 Å². The Bertz CT molecular complexity index is 3180. The molecule has 2 aromatic heterocycles. The van der Waals surface area contributed by atoms with Gasteiger partial charge >= 0.3 is 0 Å². The zero-order valence-electron chi connectivity index (χ0n) is 29.9. The van der Waals surface area contributed by atoms with Crippen molar-refractivity contribution in [1.82, 2.24) is 4.57 Å². The SMILES string of the molecule is c1ccc(-c2ccc(N(c3ccccc3)c3cc(-c4cccc5c4c4ccccc4n5-c4ccccc4)c4c(c3)oc3ccc5ccccc5c34)cc2)cc1. The molecule has 0 saturated carbocycles. The molecular formula is C52H34N2O. The van der Waals surface area contributed by atoms with Crippen molar-refractivity contribution in [3.05, 3.63) is 206 Å². The molecule has 11 aromatic rings. The van der Waals surface area contributed by atoms with Gasteiger partial charge in [-0.15, -0.1) is 0 Å². The summed E-state index contributed by atoms with van der Waals surface area (Å²) in [6, 6.07) is 73.8. The van der Waals surface area contributed by atoms with Crippen LogP contribution in [0.3, 0.4) is 0 Å². The highest BCUT2D eigenvalue weighted by Gasteiger charge is 2.23. The average Bonchev–Trinajstić information content (AvgIpc) is 3.81. The summed E-state index contributed by atoms with van der Waals surface area (Å²) in [6.45, 7) is 0. The van der Waals surface area contributed by atoms with Crippen LogP contribution in [0, 0.1) is 0 Å². The van der Waals surface area contributed by atoms with E-state index in [1.165, 1.54) is 43.8 Å². The minimum Gasteiger partial charge on any atom is -0.456 e. The summed E-state index contributed by atoms with van der Waals surface area (Å²) in [4.78, 5) is 2.34. The maximum Gasteiger partial charge on any atom is 0.138 e. The number of rotatable bonds is 6. The molecule has 0 aliphatic heterocycles. The van der Waals surface area contributed by atoms with Crippen LogP contribution in [0.4, 0.5) is 17.1 Å². The zero-order valence-corrected chi connectivity index (χ0v) is 29.9. The van der Waals surface area contributed by atoms with E-state index in [0.717, 1.165) is 55.8 Å². The Morgan fingerprint density at radius 1 is 0.364 bits per heavy atom. The van der Waals surface area contributed by atoms with Gasteiger partial charge in [0.05, 0.1) is 16.7 Å². The van der Waals surface area contributed by atoms with E-state index in [9.17, 15) is 0 Å². The topological polar surface area (TPSA) is 21.3 Å². The van der Waals surface area contributed by atoms with Gasteiger partial charge in [0.15, 0.2) is 0 Å². The van der Waals surface area contributed by atoms with Crippen LogP contribution in [0.2, 0.25) is 0 Å². The van der Waals surface area contributed by atoms with Gasteiger partial charge in [-0.3, -0.25) is 0 Å². The first-order valence-electron chi connectivity index (χ1n) is 18.8. The normalized spacial score (nSPS) is 11.6. The second kappa shape index (κ2) is 12.6. The van der Waals surface area contributed by atoms with Gasteiger partial charge in [-0.1, -0.05) is 140 Å². The van der Waals surface area contributed by atoms with Crippen LogP contribution < -0.4 is 4.90 Å². The van der Waals surface area contributed by atoms with Crippen LogP contribution in [-0.4, -0.2) is 4.57 Å². The van der Waals surface area contributed by atoms with Crippen LogP contribution in [0.1, 0.15) is 0 Å². The number of furan rings is 1. The number of fused-ring (bicyclic) bond motifs is 8. The molecule has 258 valence electrons. The van der Waals surface area contributed by atoms with Crippen molar-refractivity contribution in [2.24, 2.45) is 0 Å². The van der Waals surface area contributed by atoms with E-state index < -0.39 is 0 Å². The quantitative estimate of drug-likeness (QED) is 0.172. The summed E-state index contributed by atoms with van der Waals surface area (Å²) in [5.74, 6) is 0. The van der Waals surface area contributed by atoms with E-state index in [-0.39, 0.29) is 0 Å².